The van der Waals surface area contributed by atoms with Crippen LogP contribution in [0.2, 0.25) is 0 Å². The number of hydrogen-bond donors (Lipinski definition) is 0. The van der Waals surface area contributed by atoms with Gasteiger partial charge in [0.05, 0.1) is 0 Å². The first kappa shape index (κ1) is 26.6. The van der Waals surface area contributed by atoms with Gasteiger partial charge in [0.2, 0.25) is 0 Å². The maximum absolute atomic E-state index is 14.5. The van der Waals surface area contributed by atoms with Gasteiger partial charge in [0.1, 0.15) is 0 Å². The van der Waals surface area contributed by atoms with Gasteiger partial charge < -0.3 is 0 Å². The minimum atomic E-state index is -3.41. The van der Waals surface area contributed by atoms with Gasteiger partial charge in [0, 0.05) is 0 Å². The van der Waals surface area contributed by atoms with Crippen molar-refractivity contribution in [3.05, 3.63) is 104 Å². The SMILES string of the molecule is C=CCOC(=O)N1CCC(N2CCC(P(Br)(c3ccccc3)(c3ccccc3)c3ccccc3)C2=O)CC1. The monoisotopic (exact) mass is 592 g/mol. The molecule has 0 aromatic heterocycles. The molecular weight excluding hydrogens is 559 g/mol. The standard InChI is InChI=1S/C31H34BrN2O3P/c1-2-24-37-31(36)33-21-18-25(19-22-33)34-23-20-29(30(34)35)38(32,26-12-6-3-7-13-26,27-14-8-4-9-15-27)28-16-10-5-11-17-28/h2-17,25,29H,1,18-24H2. The average Bonchev–Trinajstić information content (AvgIpc) is 3.39. The predicted octanol–water partition coefficient (Wildman–Crippen LogP) is 5.21. The van der Waals surface area contributed by atoms with E-state index in [-0.39, 0.29) is 30.3 Å². The molecule has 0 aliphatic carbocycles. The molecule has 2 aliphatic heterocycles. The predicted molar refractivity (Wildman–Crippen MR) is 160 cm³/mol. The molecule has 5 rings (SSSR count). The summed E-state index contributed by atoms with van der Waals surface area (Å²) in [7, 11) is 0. The van der Waals surface area contributed by atoms with E-state index < -0.39 is 5.31 Å². The molecule has 198 valence electrons. The summed E-state index contributed by atoms with van der Waals surface area (Å²) in [5.41, 5.74) is -0.233. The zero-order valence-corrected chi connectivity index (χ0v) is 24.0. The summed E-state index contributed by atoms with van der Waals surface area (Å²) in [6, 6.07) is 31.7. The summed E-state index contributed by atoms with van der Waals surface area (Å²) in [5.74, 6) is 0.198. The molecule has 3 aromatic rings. The Kier molecular flexibility index (Phi) is 7.74. The summed E-state index contributed by atoms with van der Waals surface area (Å²) in [5, 5.41) is 0.0826. The first-order chi connectivity index (χ1) is 18.5. The summed E-state index contributed by atoms with van der Waals surface area (Å²) >= 11 is 4.49. The molecule has 2 saturated heterocycles. The number of rotatable bonds is 7. The second kappa shape index (κ2) is 11.0. The van der Waals surface area contributed by atoms with Gasteiger partial charge in [0.25, 0.3) is 0 Å². The number of nitrogens with zero attached hydrogens (tertiary/aromatic N) is 2. The van der Waals surface area contributed by atoms with Gasteiger partial charge in [-0.3, -0.25) is 0 Å². The average molecular weight is 594 g/mol. The maximum atomic E-state index is 14.5. The van der Waals surface area contributed by atoms with Crippen LogP contribution in [0, 0.1) is 0 Å². The fraction of sp³-hybridized carbons (Fsp3) is 0.290. The molecule has 0 N–H and O–H groups in total. The number of halogens is 1. The first-order valence-electron chi connectivity index (χ1n) is 13.2. The van der Waals surface area contributed by atoms with Crippen LogP contribution in [-0.4, -0.2) is 59.7 Å². The van der Waals surface area contributed by atoms with Gasteiger partial charge in [-0.15, -0.1) is 0 Å². The van der Waals surface area contributed by atoms with Gasteiger partial charge >= 0.3 is 234 Å². The van der Waals surface area contributed by atoms with Gasteiger partial charge in [0.15, 0.2) is 0 Å². The van der Waals surface area contributed by atoms with E-state index in [0.29, 0.717) is 19.6 Å². The van der Waals surface area contributed by atoms with Crippen molar-refractivity contribution in [1.82, 2.24) is 9.80 Å². The van der Waals surface area contributed by atoms with Crippen molar-refractivity contribution < 1.29 is 14.3 Å². The molecule has 2 fully saturated rings. The first-order valence-corrected chi connectivity index (χ1v) is 17.5. The number of carbonyl (C=O) groups is 2. The second-order valence-electron chi connectivity index (χ2n) is 10.0. The molecule has 0 radical (unpaired) electrons. The van der Waals surface area contributed by atoms with E-state index in [2.05, 4.69) is 99.8 Å². The number of amides is 2. The van der Waals surface area contributed by atoms with E-state index in [1.54, 1.807) is 11.0 Å². The van der Waals surface area contributed by atoms with E-state index >= 15 is 0 Å². The van der Waals surface area contributed by atoms with Gasteiger partial charge in [-0.25, -0.2) is 0 Å². The Balaban J connectivity index is 1.53. The van der Waals surface area contributed by atoms with E-state index in [1.165, 1.54) is 0 Å². The molecule has 0 saturated carbocycles. The third-order valence-electron chi connectivity index (χ3n) is 8.07. The molecular formula is C31H34BrN2O3P. The number of hydrogen-bond acceptors (Lipinski definition) is 3. The fourth-order valence-corrected chi connectivity index (χ4v) is 14.9. The van der Waals surface area contributed by atoms with Crippen LogP contribution in [0.3, 0.4) is 0 Å². The van der Waals surface area contributed by atoms with Crippen LogP contribution >= 0.6 is 20.8 Å². The molecule has 3 aromatic carbocycles. The second-order valence-corrected chi connectivity index (χ2v) is 18.7. The third kappa shape index (κ3) is 4.38. The number of benzene rings is 3. The molecule has 2 aliphatic rings. The Hall–Kier alpha value is -2.95. The van der Waals surface area contributed by atoms with Gasteiger partial charge in [-0.2, -0.15) is 0 Å². The Bertz CT molecular complexity index is 1180. The fourth-order valence-electron chi connectivity index (χ4n) is 6.23. The van der Waals surface area contributed by atoms with Gasteiger partial charge in [-0.05, 0) is 0 Å². The number of ether oxygens (including phenoxy) is 1. The Morgan fingerprint density at radius 2 is 1.32 bits per heavy atom. The molecule has 2 amide bonds. The van der Waals surface area contributed by atoms with Crippen LogP contribution in [0.5, 0.6) is 0 Å². The Labute approximate surface area is 233 Å². The normalized spacial score (nSPS) is 19.6. The molecule has 7 heteroatoms. The van der Waals surface area contributed by atoms with Crippen molar-refractivity contribution in [2.75, 3.05) is 26.2 Å². The summed E-state index contributed by atoms with van der Waals surface area (Å²) in [6.45, 7) is 5.70. The van der Waals surface area contributed by atoms with Crippen molar-refractivity contribution in [2.24, 2.45) is 0 Å². The molecule has 0 bridgehead atoms. The summed E-state index contributed by atoms with van der Waals surface area (Å²) in [4.78, 5) is 30.7. The number of piperidine rings is 1. The van der Waals surface area contributed by atoms with Gasteiger partial charge in [-0.1, -0.05) is 0 Å². The van der Waals surface area contributed by atoms with E-state index in [1.807, 2.05) is 18.2 Å². The van der Waals surface area contributed by atoms with Crippen LogP contribution in [0.15, 0.2) is 104 Å². The van der Waals surface area contributed by atoms with Crippen LogP contribution in [0.1, 0.15) is 19.3 Å². The topological polar surface area (TPSA) is 49.9 Å². The zero-order chi connectivity index (χ0) is 26.6. The van der Waals surface area contributed by atoms with Crippen LogP contribution in [0.25, 0.3) is 0 Å². The number of carbonyl (C=O) groups excluding carboxylic acids is 2. The van der Waals surface area contributed by atoms with Crippen molar-refractivity contribution in [2.45, 2.75) is 31.0 Å². The summed E-state index contributed by atoms with van der Waals surface area (Å²) < 4.78 is 5.22. The van der Waals surface area contributed by atoms with E-state index in [0.717, 1.165) is 35.2 Å². The molecule has 1 unspecified atom stereocenters. The Morgan fingerprint density at radius 3 is 1.76 bits per heavy atom. The van der Waals surface area contributed by atoms with Crippen LogP contribution in [0.4, 0.5) is 4.79 Å². The van der Waals surface area contributed by atoms with Crippen molar-refractivity contribution in [3.63, 3.8) is 0 Å². The molecule has 2 heterocycles. The van der Waals surface area contributed by atoms with Crippen LogP contribution in [-0.2, 0) is 9.53 Å². The van der Waals surface area contributed by atoms with E-state index in [4.69, 9.17) is 4.74 Å². The Morgan fingerprint density at radius 1 is 0.842 bits per heavy atom. The zero-order valence-electron chi connectivity index (χ0n) is 21.5. The van der Waals surface area contributed by atoms with Crippen molar-refractivity contribution >= 4 is 48.7 Å². The van der Waals surface area contributed by atoms with E-state index in [9.17, 15) is 9.59 Å². The quantitative estimate of drug-likeness (QED) is 0.279. The number of likely N-dealkylation sites (tertiary alicyclic amines) is 2. The molecule has 5 nitrogen and oxygen atoms in total. The molecule has 38 heavy (non-hydrogen) atoms. The summed E-state index contributed by atoms with van der Waals surface area (Å²) in [6.07, 6.45) is 3.54. The molecule has 0 spiro atoms. The van der Waals surface area contributed by atoms with Crippen LogP contribution < -0.4 is 15.9 Å². The third-order valence-corrected chi connectivity index (χ3v) is 18.8. The van der Waals surface area contributed by atoms with Crippen molar-refractivity contribution in [1.29, 1.82) is 0 Å². The molecule has 1 atom stereocenters. The van der Waals surface area contributed by atoms with Crippen molar-refractivity contribution in [3.8, 4) is 0 Å². The minimum absolute atomic E-state index is 0.111.